The molecule has 0 saturated carbocycles. The number of carbonyl (C=O) groups is 2. The zero-order chi connectivity index (χ0) is 23.2. The van der Waals surface area contributed by atoms with Crippen LogP contribution in [0, 0.1) is 0 Å². The van der Waals surface area contributed by atoms with E-state index in [0.717, 1.165) is 11.4 Å². The normalized spacial score (nSPS) is 13.6. The molecule has 9 nitrogen and oxygen atoms in total. The van der Waals surface area contributed by atoms with Crippen LogP contribution in [0.4, 0.5) is 11.6 Å². The van der Waals surface area contributed by atoms with E-state index in [1.54, 1.807) is 17.0 Å². The number of hydrogen-bond donors (Lipinski definition) is 2. The molecule has 1 aliphatic rings. The smallest absolute Gasteiger partial charge is 0.289 e. The van der Waals surface area contributed by atoms with Gasteiger partial charge in [0.2, 0.25) is 5.91 Å². The van der Waals surface area contributed by atoms with E-state index >= 15 is 0 Å². The van der Waals surface area contributed by atoms with Crippen molar-refractivity contribution < 1.29 is 14.0 Å². The van der Waals surface area contributed by atoms with Gasteiger partial charge in [-0.1, -0.05) is 30.3 Å². The average Bonchev–Trinajstić information content (AvgIpc) is 3.28. The Balaban J connectivity index is 1.48. The summed E-state index contributed by atoms with van der Waals surface area (Å²) < 4.78 is 5.95. The van der Waals surface area contributed by atoms with Crippen LogP contribution in [0.1, 0.15) is 17.5 Å². The molecule has 2 aromatic heterocycles. The molecule has 3 aromatic rings. The molecule has 33 heavy (non-hydrogen) atoms. The number of anilines is 2. The van der Waals surface area contributed by atoms with E-state index in [-0.39, 0.29) is 11.8 Å². The van der Waals surface area contributed by atoms with E-state index in [9.17, 15) is 9.59 Å². The number of piperazine rings is 1. The van der Waals surface area contributed by atoms with Crippen LogP contribution in [-0.4, -0.2) is 66.0 Å². The Labute approximate surface area is 200 Å². The standard InChI is InChI=1S/C23H25BrN6O3/c1-16(31)25-9-10-26-20-15-21(28-22(27-20)17-5-3-2-4-6-17)29-11-13-30(14-12-29)23(32)18-7-8-19(24)33-18/h2-8,15H,9-14H2,1H3,(H,25,31)(H,26,27,28). The highest BCUT2D eigenvalue weighted by molar-refractivity contribution is 9.10. The maximum absolute atomic E-state index is 12.7. The summed E-state index contributed by atoms with van der Waals surface area (Å²) in [7, 11) is 0. The van der Waals surface area contributed by atoms with Crippen LogP contribution >= 0.6 is 15.9 Å². The lowest BCUT2D eigenvalue weighted by Crippen LogP contribution is -2.49. The number of furan rings is 1. The number of nitrogens with zero attached hydrogens (tertiary/aromatic N) is 4. The van der Waals surface area contributed by atoms with Crippen molar-refractivity contribution in [1.29, 1.82) is 0 Å². The molecule has 1 aliphatic heterocycles. The first-order valence-corrected chi connectivity index (χ1v) is 11.5. The summed E-state index contributed by atoms with van der Waals surface area (Å²) in [5, 5.41) is 6.03. The summed E-state index contributed by atoms with van der Waals surface area (Å²) in [4.78, 5) is 37.2. The van der Waals surface area contributed by atoms with Crippen molar-refractivity contribution in [2.24, 2.45) is 0 Å². The number of benzene rings is 1. The monoisotopic (exact) mass is 512 g/mol. The van der Waals surface area contributed by atoms with Gasteiger partial charge in [-0.05, 0) is 28.1 Å². The first kappa shape index (κ1) is 22.8. The molecule has 0 radical (unpaired) electrons. The maximum atomic E-state index is 12.7. The lowest BCUT2D eigenvalue weighted by atomic mass is 10.2. The second-order valence-corrected chi connectivity index (χ2v) is 8.38. The van der Waals surface area contributed by atoms with Crippen molar-refractivity contribution in [3.8, 4) is 11.4 Å². The SMILES string of the molecule is CC(=O)NCCNc1cc(N2CCN(C(=O)c3ccc(Br)o3)CC2)nc(-c2ccccc2)n1. The number of amides is 2. The second-order valence-electron chi connectivity index (χ2n) is 7.59. The molecule has 10 heteroatoms. The Bertz CT molecular complexity index is 1110. The maximum Gasteiger partial charge on any atom is 0.289 e. The van der Waals surface area contributed by atoms with Crippen LogP contribution in [0.25, 0.3) is 11.4 Å². The molecule has 2 N–H and O–H groups in total. The zero-order valence-electron chi connectivity index (χ0n) is 18.3. The largest absolute Gasteiger partial charge is 0.444 e. The molecule has 0 unspecified atom stereocenters. The quantitative estimate of drug-likeness (QED) is 0.469. The summed E-state index contributed by atoms with van der Waals surface area (Å²) in [6.07, 6.45) is 0. The lowest BCUT2D eigenvalue weighted by Gasteiger charge is -2.35. The molecule has 1 aromatic carbocycles. The van der Waals surface area contributed by atoms with Gasteiger partial charge in [0, 0.05) is 57.8 Å². The van der Waals surface area contributed by atoms with E-state index < -0.39 is 0 Å². The fraction of sp³-hybridized carbons (Fsp3) is 0.304. The summed E-state index contributed by atoms with van der Waals surface area (Å²) in [5.41, 5.74) is 0.918. The first-order chi connectivity index (χ1) is 16.0. The van der Waals surface area contributed by atoms with E-state index in [4.69, 9.17) is 9.40 Å². The van der Waals surface area contributed by atoms with Gasteiger partial charge in [0.1, 0.15) is 11.6 Å². The van der Waals surface area contributed by atoms with E-state index in [1.165, 1.54) is 6.92 Å². The summed E-state index contributed by atoms with van der Waals surface area (Å²) >= 11 is 3.24. The molecule has 0 atom stereocenters. The molecule has 0 bridgehead atoms. The summed E-state index contributed by atoms with van der Waals surface area (Å²) in [6.45, 7) is 4.95. The second kappa shape index (κ2) is 10.5. The first-order valence-electron chi connectivity index (χ1n) is 10.7. The molecule has 0 spiro atoms. The van der Waals surface area contributed by atoms with Crippen LogP contribution in [-0.2, 0) is 4.79 Å². The molecule has 4 rings (SSSR count). The number of halogens is 1. The third-order valence-electron chi connectivity index (χ3n) is 5.22. The van der Waals surface area contributed by atoms with Crippen LogP contribution in [0.15, 0.2) is 57.6 Å². The Morgan fingerprint density at radius 1 is 1.03 bits per heavy atom. The minimum absolute atomic E-state index is 0.0699. The number of carbonyl (C=O) groups excluding carboxylic acids is 2. The van der Waals surface area contributed by atoms with Gasteiger partial charge in [0.05, 0.1) is 0 Å². The van der Waals surface area contributed by atoms with Crippen LogP contribution in [0.3, 0.4) is 0 Å². The zero-order valence-corrected chi connectivity index (χ0v) is 19.8. The molecule has 2 amide bonds. The predicted molar refractivity (Wildman–Crippen MR) is 129 cm³/mol. The highest BCUT2D eigenvalue weighted by Crippen LogP contribution is 2.24. The van der Waals surface area contributed by atoms with Gasteiger partial charge < -0.3 is 24.9 Å². The third-order valence-corrected chi connectivity index (χ3v) is 5.65. The van der Waals surface area contributed by atoms with Gasteiger partial charge in [0.25, 0.3) is 5.91 Å². The highest BCUT2D eigenvalue weighted by atomic mass is 79.9. The van der Waals surface area contributed by atoms with Crippen molar-refractivity contribution in [3.63, 3.8) is 0 Å². The van der Waals surface area contributed by atoms with Gasteiger partial charge in [0.15, 0.2) is 16.3 Å². The number of aromatic nitrogens is 2. The van der Waals surface area contributed by atoms with E-state index in [0.29, 0.717) is 61.3 Å². The van der Waals surface area contributed by atoms with Gasteiger partial charge in [-0.15, -0.1) is 0 Å². The van der Waals surface area contributed by atoms with Gasteiger partial charge in [-0.25, -0.2) is 9.97 Å². The van der Waals surface area contributed by atoms with Gasteiger partial charge in [-0.2, -0.15) is 0 Å². The number of rotatable bonds is 7. The Kier molecular flexibility index (Phi) is 7.23. The Morgan fingerprint density at radius 2 is 1.79 bits per heavy atom. The van der Waals surface area contributed by atoms with Crippen molar-refractivity contribution in [2.45, 2.75) is 6.92 Å². The third kappa shape index (κ3) is 5.89. The van der Waals surface area contributed by atoms with Crippen molar-refractivity contribution in [1.82, 2.24) is 20.2 Å². The van der Waals surface area contributed by atoms with Gasteiger partial charge >= 0.3 is 0 Å². The molecule has 1 saturated heterocycles. The Hall–Kier alpha value is -3.40. The van der Waals surface area contributed by atoms with Gasteiger partial charge in [-0.3, -0.25) is 9.59 Å². The minimum Gasteiger partial charge on any atom is -0.444 e. The Morgan fingerprint density at radius 3 is 2.45 bits per heavy atom. The fourth-order valence-electron chi connectivity index (χ4n) is 3.56. The van der Waals surface area contributed by atoms with Crippen molar-refractivity contribution in [2.75, 3.05) is 49.5 Å². The summed E-state index contributed by atoms with van der Waals surface area (Å²) in [5.74, 6) is 2.23. The molecular formula is C23H25BrN6O3. The molecule has 0 aliphatic carbocycles. The topological polar surface area (TPSA) is 104 Å². The average molecular weight is 513 g/mol. The van der Waals surface area contributed by atoms with E-state index in [2.05, 4.69) is 36.4 Å². The van der Waals surface area contributed by atoms with Crippen molar-refractivity contribution in [3.05, 3.63) is 59.0 Å². The minimum atomic E-state index is -0.117. The molecular weight excluding hydrogens is 488 g/mol. The lowest BCUT2D eigenvalue weighted by molar-refractivity contribution is -0.118. The van der Waals surface area contributed by atoms with Crippen LogP contribution in [0.5, 0.6) is 0 Å². The predicted octanol–water partition coefficient (Wildman–Crippen LogP) is 3.01. The van der Waals surface area contributed by atoms with E-state index in [1.807, 2.05) is 36.4 Å². The number of hydrogen-bond acceptors (Lipinski definition) is 7. The molecule has 1 fully saturated rings. The highest BCUT2D eigenvalue weighted by Gasteiger charge is 2.25. The molecule has 172 valence electrons. The molecule has 3 heterocycles. The summed E-state index contributed by atoms with van der Waals surface area (Å²) in [6, 6.07) is 15.1. The van der Waals surface area contributed by atoms with Crippen LogP contribution < -0.4 is 15.5 Å². The fourth-order valence-corrected chi connectivity index (χ4v) is 3.86. The number of nitrogens with one attached hydrogen (secondary N) is 2. The van der Waals surface area contributed by atoms with Crippen LogP contribution in [0.2, 0.25) is 0 Å². The van der Waals surface area contributed by atoms with Crippen molar-refractivity contribution >= 4 is 39.4 Å².